The number of halogens is 1. The molecule has 1 aromatic heterocycles. The molecule has 1 aliphatic heterocycles. The molecule has 5 heteroatoms. The van der Waals surface area contributed by atoms with Crippen LogP contribution in [0.3, 0.4) is 0 Å². The molecular formula is C11H15ClN2O2. The molecule has 0 fully saturated rings. The minimum absolute atomic E-state index is 0.106. The van der Waals surface area contributed by atoms with Gasteiger partial charge in [-0.2, -0.15) is 0 Å². The number of rotatable bonds is 3. The van der Waals surface area contributed by atoms with Crippen LogP contribution >= 0.6 is 11.6 Å². The van der Waals surface area contributed by atoms with E-state index in [4.69, 9.17) is 21.1 Å². The van der Waals surface area contributed by atoms with Crippen molar-refractivity contribution < 1.29 is 9.47 Å². The predicted octanol–water partition coefficient (Wildman–Crippen LogP) is 1.78. The Balaban J connectivity index is 2.24. The maximum atomic E-state index is 6.10. The molecule has 0 saturated heterocycles. The maximum Gasteiger partial charge on any atom is 0.138 e. The lowest BCUT2D eigenvalue weighted by molar-refractivity contribution is 0.107. The third-order valence-corrected chi connectivity index (χ3v) is 3.00. The SMILES string of the molecule is COC(C)Cc1nc(Cl)c2c(n1)CCOC2. The van der Waals surface area contributed by atoms with E-state index >= 15 is 0 Å². The van der Waals surface area contributed by atoms with Gasteiger partial charge in [-0.25, -0.2) is 9.97 Å². The van der Waals surface area contributed by atoms with Gasteiger partial charge in [0, 0.05) is 25.5 Å². The lowest BCUT2D eigenvalue weighted by Crippen LogP contribution is -2.18. The Hall–Kier alpha value is -0.710. The molecule has 0 aliphatic carbocycles. The van der Waals surface area contributed by atoms with Crippen LogP contribution in [-0.2, 0) is 28.9 Å². The quantitative estimate of drug-likeness (QED) is 0.758. The molecule has 1 atom stereocenters. The zero-order valence-electron chi connectivity index (χ0n) is 9.49. The fourth-order valence-corrected chi connectivity index (χ4v) is 1.93. The smallest absolute Gasteiger partial charge is 0.138 e. The molecule has 0 bridgehead atoms. The Kier molecular flexibility index (Phi) is 3.74. The highest BCUT2D eigenvalue weighted by atomic mass is 35.5. The van der Waals surface area contributed by atoms with Gasteiger partial charge in [0.1, 0.15) is 11.0 Å². The summed E-state index contributed by atoms with van der Waals surface area (Å²) in [6, 6.07) is 0. The Labute approximate surface area is 99.9 Å². The molecule has 0 saturated carbocycles. The van der Waals surface area contributed by atoms with Crippen molar-refractivity contribution in [3.8, 4) is 0 Å². The van der Waals surface area contributed by atoms with E-state index in [2.05, 4.69) is 9.97 Å². The Morgan fingerprint density at radius 2 is 2.31 bits per heavy atom. The second-order valence-electron chi connectivity index (χ2n) is 3.91. The van der Waals surface area contributed by atoms with Gasteiger partial charge in [-0.15, -0.1) is 0 Å². The first kappa shape index (κ1) is 11.8. The van der Waals surface area contributed by atoms with Crippen LogP contribution in [0.5, 0.6) is 0 Å². The maximum absolute atomic E-state index is 6.10. The Morgan fingerprint density at radius 1 is 1.50 bits per heavy atom. The minimum Gasteiger partial charge on any atom is -0.381 e. The summed E-state index contributed by atoms with van der Waals surface area (Å²) in [5.74, 6) is 0.750. The van der Waals surface area contributed by atoms with Crippen LogP contribution < -0.4 is 0 Å². The molecule has 1 aliphatic rings. The third kappa shape index (κ3) is 2.51. The number of ether oxygens (including phenoxy) is 2. The van der Waals surface area contributed by atoms with Crippen LogP contribution in [0.25, 0.3) is 0 Å². The summed E-state index contributed by atoms with van der Waals surface area (Å²) in [5.41, 5.74) is 1.95. The Bertz CT molecular complexity index is 384. The number of methoxy groups -OCH3 is 1. The summed E-state index contributed by atoms with van der Waals surface area (Å²) in [7, 11) is 1.68. The molecule has 4 nitrogen and oxygen atoms in total. The summed E-state index contributed by atoms with van der Waals surface area (Å²) in [6.07, 6.45) is 1.60. The van der Waals surface area contributed by atoms with E-state index in [9.17, 15) is 0 Å². The number of hydrogen-bond acceptors (Lipinski definition) is 4. The van der Waals surface area contributed by atoms with Crippen molar-refractivity contribution in [2.75, 3.05) is 13.7 Å². The number of nitrogens with zero attached hydrogens (tertiary/aromatic N) is 2. The van der Waals surface area contributed by atoms with Gasteiger partial charge in [-0.3, -0.25) is 0 Å². The van der Waals surface area contributed by atoms with Crippen LogP contribution in [0.15, 0.2) is 0 Å². The largest absolute Gasteiger partial charge is 0.381 e. The zero-order valence-corrected chi connectivity index (χ0v) is 10.3. The summed E-state index contributed by atoms with van der Waals surface area (Å²) < 4.78 is 10.5. The van der Waals surface area contributed by atoms with E-state index < -0.39 is 0 Å². The van der Waals surface area contributed by atoms with E-state index in [-0.39, 0.29) is 6.10 Å². The van der Waals surface area contributed by atoms with Crippen LogP contribution in [0.4, 0.5) is 0 Å². The normalized spacial score (nSPS) is 16.9. The second kappa shape index (κ2) is 5.08. The average Bonchev–Trinajstić information content (AvgIpc) is 2.29. The van der Waals surface area contributed by atoms with Gasteiger partial charge < -0.3 is 9.47 Å². The van der Waals surface area contributed by atoms with Crippen molar-refractivity contribution >= 4 is 11.6 Å². The standard InChI is InChI=1S/C11H15ClN2O2/c1-7(15-2)5-10-13-9-3-4-16-6-8(9)11(12)14-10/h7H,3-6H2,1-2H3. The molecular weight excluding hydrogens is 228 g/mol. The van der Waals surface area contributed by atoms with Crippen LogP contribution in [0.1, 0.15) is 24.0 Å². The van der Waals surface area contributed by atoms with Gasteiger partial charge in [0.15, 0.2) is 0 Å². The van der Waals surface area contributed by atoms with E-state index in [0.717, 1.165) is 23.5 Å². The van der Waals surface area contributed by atoms with Crippen molar-refractivity contribution in [1.82, 2.24) is 9.97 Å². The van der Waals surface area contributed by atoms with E-state index in [1.165, 1.54) is 0 Å². The molecule has 2 rings (SSSR count). The summed E-state index contributed by atoms with van der Waals surface area (Å²) in [6.45, 7) is 3.22. The number of fused-ring (bicyclic) bond motifs is 1. The molecule has 88 valence electrons. The number of aromatic nitrogens is 2. The van der Waals surface area contributed by atoms with Gasteiger partial charge in [-0.05, 0) is 6.92 Å². The highest BCUT2D eigenvalue weighted by Crippen LogP contribution is 2.22. The summed E-state index contributed by atoms with van der Waals surface area (Å²) >= 11 is 6.10. The van der Waals surface area contributed by atoms with Gasteiger partial charge in [0.25, 0.3) is 0 Å². The van der Waals surface area contributed by atoms with Gasteiger partial charge in [0.2, 0.25) is 0 Å². The third-order valence-electron chi connectivity index (χ3n) is 2.69. The average molecular weight is 243 g/mol. The molecule has 0 spiro atoms. The number of hydrogen-bond donors (Lipinski definition) is 0. The summed E-state index contributed by atoms with van der Waals surface area (Å²) in [4.78, 5) is 8.78. The van der Waals surface area contributed by atoms with Crippen molar-refractivity contribution in [2.45, 2.75) is 32.5 Å². The van der Waals surface area contributed by atoms with E-state index in [0.29, 0.717) is 24.8 Å². The first-order chi connectivity index (χ1) is 7.70. The van der Waals surface area contributed by atoms with Crippen LogP contribution in [0, 0.1) is 0 Å². The molecule has 0 aromatic carbocycles. The summed E-state index contributed by atoms with van der Waals surface area (Å²) in [5, 5.41) is 0.517. The van der Waals surface area contributed by atoms with E-state index in [1.54, 1.807) is 7.11 Å². The van der Waals surface area contributed by atoms with Crippen LogP contribution in [0.2, 0.25) is 5.15 Å². The van der Waals surface area contributed by atoms with Gasteiger partial charge >= 0.3 is 0 Å². The zero-order chi connectivity index (χ0) is 11.5. The molecule has 1 aromatic rings. The topological polar surface area (TPSA) is 44.2 Å². The van der Waals surface area contributed by atoms with Crippen molar-refractivity contribution in [3.05, 3.63) is 22.2 Å². The monoisotopic (exact) mass is 242 g/mol. The van der Waals surface area contributed by atoms with Crippen molar-refractivity contribution in [2.24, 2.45) is 0 Å². The molecule has 1 unspecified atom stereocenters. The molecule has 0 amide bonds. The van der Waals surface area contributed by atoms with Gasteiger partial charge in [0.05, 0.1) is 25.0 Å². The second-order valence-corrected chi connectivity index (χ2v) is 4.27. The first-order valence-corrected chi connectivity index (χ1v) is 5.73. The molecule has 2 heterocycles. The highest BCUT2D eigenvalue weighted by molar-refractivity contribution is 6.30. The van der Waals surface area contributed by atoms with Crippen LogP contribution in [-0.4, -0.2) is 29.8 Å². The van der Waals surface area contributed by atoms with Crippen molar-refractivity contribution in [1.29, 1.82) is 0 Å². The Morgan fingerprint density at radius 3 is 3.06 bits per heavy atom. The minimum atomic E-state index is 0.106. The fourth-order valence-electron chi connectivity index (χ4n) is 1.67. The lowest BCUT2D eigenvalue weighted by Gasteiger charge is -2.17. The van der Waals surface area contributed by atoms with E-state index in [1.807, 2.05) is 6.92 Å². The molecule has 0 radical (unpaired) electrons. The molecule has 16 heavy (non-hydrogen) atoms. The lowest BCUT2D eigenvalue weighted by atomic mass is 10.1. The highest BCUT2D eigenvalue weighted by Gasteiger charge is 2.17. The van der Waals surface area contributed by atoms with Crippen molar-refractivity contribution in [3.63, 3.8) is 0 Å². The predicted molar refractivity (Wildman–Crippen MR) is 60.6 cm³/mol. The molecule has 0 N–H and O–H groups in total. The van der Waals surface area contributed by atoms with Gasteiger partial charge in [-0.1, -0.05) is 11.6 Å². The fraction of sp³-hybridized carbons (Fsp3) is 0.636. The first-order valence-electron chi connectivity index (χ1n) is 5.35.